The number of nitrogens with two attached hydrogens (primary N) is 1. The molecule has 2 heteroatoms. The van der Waals surface area contributed by atoms with Gasteiger partial charge in [-0.15, -0.1) is 0 Å². The Bertz CT molecular complexity index is 342. The van der Waals surface area contributed by atoms with Gasteiger partial charge in [-0.2, -0.15) is 0 Å². The van der Waals surface area contributed by atoms with E-state index in [4.69, 9.17) is 5.73 Å². The number of hydrogen-bond acceptors (Lipinski definition) is 1. The number of rotatable bonds is 3. The lowest BCUT2D eigenvalue weighted by atomic mass is 9.77. The highest BCUT2D eigenvalue weighted by Crippen LogP contribution is 2.30. The molecule has 0 saturated carbocycles. The van der Waals surface area contributed by atoms with Crippen LogP contribution in [-0.2, 0) is 5.41 Å². The third-order valence-electron chi connectivity index (χ3n) is 2.75. The van der Waals surface area contributed by atoms with Crippen molar-refractivity contribution in [2.75, 3.05) is 0 Å². The molecule has 2 N–H and O–H groups in total. The fourth-order valence-corrected chi connectivity index (χ4v) is 2.30. The van der Waals surface area contributed by atoms with E-state index in [1.165, 1.54) is 11.6 Å². The molecule has 15 heavy (non-hydrogen) atoms. The fraction of sp³-hybridized carbons (Fsp3) is 0.538. The lowest BCUT2D eigenvalue weighted by Gasteiger charge is -2.28. The van der Waals surface area contributed by atoms with E-state index in [9.17, 15) is 4.39 Å². The van der Waals surface area contributed by atoms with E-state index in [1.54, 1.807) is 6.07 Å². The van der Waals surface area contributed by atoms with Crippen molar-refractivity contribution in [3.05, 3.63) is 35.1 Å². The van der Waals surface area contributed by atoms with Crippen LogP contribution in [0.15, 0.2) is 18.2 Å². The highest BCUT2D eigenvalue weighted by molar-refractivity contribution is 5.32. The first-order chi connectivity index (χ1) is 6.83. The molecule has 1 nitrogen and oxygen atoms in total. The summed E-state index contributed by atoms with van der Waals surface area (Å²) in [5.41, 5.74) is 8.01. The molecule has 0 spiro atoms. The average Bonchev–Trinajstić information content (AvgIpc) is 1.99. The second kappa shape index (κ2) is 4.31. The van der Waals surface area contributed by atoms with Gasteiger partial charge in [-0.05, 0) is 48.9 Å². The van der Waals surface area contributed by atoms with Gasteiger partial charge in [0.05, 0.1) is 0 Å². The van der Waals surface area contributed by atoms with Gasteiger partial charge in [0.15, 0.2) is 0 Å². The number of halogens is 1. The van der Waals surface area contributed by atoms with E-state index in [0.29, 0.717) is 0 Å². The zero-order valence-corrected chi connectivity index (χ0v) is 9.97. The highest BCUT2D eigenvalue weighted by Gasteiger charge is 2.23. The molecular formula is C13H20FN. The van der Waals surface area contributed by atoms with Crippen molar-refractivity contribution in [1.29, 1.82) is 0 Å². The minimum absolute atomic E-state index is 0.00590. The third-order valence-corrected chi connectivity index (χ3v) is 2.75. The minimum atomic E-state index is -0.173. The minimum Gasteiger partial charge on any atom is -0.328 e. The van der Waals surface area contributed by atoms with Crippen molar-refractivity contribution in [3.63, 3.8) is 0 Å². The standard InChI is InChI=1S/C13H20FN/c1-9-7-11(14)5-6-12(9)13(3,4)8-10(2)15/h5-7,10H,8,15H2,1-4H3. The predicted octanol–water partition coefficient (Wildman–Crippen LogP) is 3.15. The molecule has 0 saturated heterocycles. The number of hydrogen-bond donors (Lipinski definition) is 1. The molecule has 1 aromatic carbocycles. The Morgan fingerprint density at radius 3 is 2.47 bits per heavy atom. The first-order valence-corrected chi connectivity index (χ1v) is 5.35. The molecule has 0 aromatic heterocycles. The van der Waals surface area contributed by atoms with Crippen LogP contribution in [0.5, 0.6) is 0 Å². The Morgan fingerprint density at radius 2 is 2.00 bits per heavy atom. The Morgan fingerprint density at radius 1 is 1.40 bits per heavy atom. The zero-order valence-electron chi connectivity index (χ0n) is 9.97. The molecule has 1 unspecified atom stereocenters. The quantitative estimate of drug-likeness (QED) is 0.813. The Hall–Kier alpha value is -0.890. The molecule has 1 atom stereocenters. The maximum atomic E-state index is 13.0. The predicted molar refractivity (Wildman–Crippen MR) is 62.4 cm³/mol. The average molecular weight is 209 g/mol. The molecule has 0 bridgehead atoms. The summed E-state index contributed by atoms with van der Waals surface area (Å²) in [7, 11) is 0. The van der Waals surface area contributed by atoms with Gasteiger partial charge in [0.1, 0.15) is 5.82 Å². The second-order valence-electron chi connectivity index (χ2n) is 5.02. The van der Waals surface area contributed by atoms with Crippen LogP contribution in [0.4, 0.5) is 4.39 Å². The van der Waals surface area contributed by atoms with Crippen LogP contribution in [-0.4, -0.2) is 6.04 Å². The summed E-state index contributed by atoms with van der Waals surface area (Å²) < 4.78 is 13.0. The van der Waals surface area contributed by atoms with Gasteiger partial charge in [-0.1, -0.05) is 19.9 Å². The molecule has 0 aliphatic carbocycles. The smallest absolute Gasteiger partial charge is 0.123 e. The van der Waals surface area contributed by atoms with Crippen molar-refractivity contribution in [2.45, 2.75) is 45.6 Å². The van der Waals surface area contributed by atoms with Gasteiger partial charge in [-0.3, -0.25) is 0 Å². The van der Waals surface area contributed by atoms with Crippen molar-refractivity contribution in [1.82, 2.24) is 0 Å². The van der Waals surface area contributed by atoms with E-state index in [2.05, 4.69) is 13.8 Å². The maximum absolute atomic E-state index is 13.0. The van der Waals surface area contributed by atoms with Crippen LogP contribution in [0.1, 0.15) is 38.3 Å². The molecule has 84 valence electrons. The van der Waals surface area contributed by atoms with E-state index < -0.39 is 0 Å². The summed E-state index contributed by atoms with van der Waals surface area (Å²) in [6.07, 6.45) is 0.902. The Labute approximate surface area is 91.5 Å². The van der Waals surface area contributed by atoms with Crippen LogP contribution >= 0.6 is 0 Å². The van der Waals surface area contributed by atoms with Crippen LogP contribution in [0, 0.1) is 12.7 Å². The summed E-state index contributed by atoms with van der Waals surface area (Å²) >= 11 is 0. The van der Waals surface area contributed by atoms with E-state index >= 15 is 0 Å². The second-order valence-corrected chi connectivity index (χ2v) is 5.02. The number of benzene rings is 1. The molecular weight excluding hydrogens is 189 g/mol. The van der Waals surface area contributed by atoms with E-state index in [-0.39, 0.29) is 17.3 Å². The first-order valence-electron chi connectivity index (χ1n) is 5.35. The van der Waals surface area contributed by atoms with Gasteiger partial charge in [0.25, 0.3) is 0 Å². The molecule has 0 amide bonds. The monoisotopic (exact) mass is 209 g/mol. The SMILES string of the molecule is Cc1cc(F)ccc1C(C)(C)CC(C)N. The molecule has 0 heterocycles. The maximum Gasteiger partial charge on any atom is 0.123 e. The molecule has 1 aromatic rings. The molecule has 0 aliphatic heterocycles. The number of aryl methyl sites for hydroxylation is 1. The largest absolute Gasteiger partial charge is 0.328 e. The molecule has 0 aliphatic rings. The Balaban J connectivity index is 3.04. The lowest BCUT2D eigenvalue weighted by Crippen LogP contribution is -2.28. The Kier molecular flexibility index (Phi) is 3.50. The first kappa shape index (κ1) is 12.2. The van der Waals surface area contributed by atoms with Gasteiger partial charge >= 0.3 is 0 Å². The van der Waals surface area contributed by atoms with Crippen LogP contribution < -0.4 is 5.73 Å². The molecule has 0 fully saturated rings. The van der Waals surface area contributed by atoms with Crippen molar-refractivity contribution in [2.24, 2.45) is 5.73 Å². The normalized spacial score (nSPS) is 14.0. The summed E-state index contributed by atoms with van der Waals surface area (Å²) in [5.74, 6) is -0.173. The van der Waals surface area contributed by atoms with Gasteiger partial charge in [0.2, 0.25) is 0 Å². The van der Waals surface area contributed by atoms with Gasteiger partial charge in [0, 0.05) is 6.04 Å². The summed E-state index contributed by atoms with van der Waals surface area (Å²) in [6.45, 7) is 8.25. The zero-order chi connectivity index (χ0) is 11.6. The third kappa shape index (κ3) is 3.03. The fourth-order valence-electron chi connectivity index (χ4n) is 2.30. The molecule has 0 radical (unpaired) electrons. The summed E-state index contributed by atoms with van der Waals surface area (Å²) in [6, 6.07) is 5.13. The van der Waals surface area contributed by atoms with Gasteiger partial charge < -0.3 is 5.73 Å². The van der Waals surface area contributed by atoms with E-state index in [1.807, 2.05) is 19.9 Å². The van der Waals surface area contributed by atoms with Crippen LogP contribution in [0.2, 0.25) is 0 Å². The van der Waals surface area contributed by atoms with Gasteiger partial charge in [-0.25, -0.2) is 4.39 Å². The lowest BCUT2D eigenvalue weighted by molar-refractivity contribution is 0.434. The highest BCUT2D eigenvalue weighted by atomic mass is 19.1. The summed E-state index contributed by atoms with van der Waals surface area (Å²) in [5, 5.41) is 0. The van der Waals surface area contributed by atoms with Crippen molar-refractivity contribution in [3.8, 4) is 0 Å². The van der Waals surface area contributed by atoms with Crippen molar-refractivity contribution >= 4 is 0 Å². The van der Waals surface area contributed by atoms with E-state index in [0.717, 1.165) is 12.0 Å². The van der Waals surface area contributed by atoms with Crippen molar-refractivity contribution < 1.29 is 4.39 Å². The van der Waals surface area contributed by atoms with Crippen LogP contribution in [0.3, 0.4) is 0 Å². The topological polar surface area (TPSA) is 26.0 Å². The summed E-state index contributed by atoms with van der Waals surface area (Å²) in [4.78, 5) is 0. The molecule has 1 rings (SSSR count). The van der Waals surface area contributed by atoms with Crippen LogP contribution in [0.25, 0.3) is 0 Å².